The Morgan fingerprint density at radius 3 is 3.12 bits per heavy atom. The molecule has 3 aromatic rings. The molecular weight excluding hydrogens is 302 g/mol. The summed E-state index contributed by atoms with van der Waals surface area (Å²) in [5.41, 5.74) is 1.85. The third kappa shape index (κ3) is 2.86. The summed E-state index contributed by atoms with van der Waals surface area (Å²) in [4.78, 5) is 10.8. The van der Waals surface area contributed by atoms with Gasteiger partial charge in [0.25, 0.3) is 0 Å². The Kier molecular flexibility index (Phi) is 3.71. The minimum atomic E-state index is 0.458. The quantitative estimate of drug-likeness (QED) is 0.741. The fourth-order valence-electron chi connectivity index (χ4n) is 2.99. The highest BCUT2D eigenvalue weighted by atomic mass is 15.3. The van der Waals surface area contributed by atoms with Gasteiger partial charge < -0.3 is 10.2 Å². The van der Waals surface area contributed by atoms with E-state index in [4.69, 9.17) is 5.26 Å². The fraction of sp³-hybridized carbons (Fsp3) is 0.294. The largest absolute Gasteiger partial charge is 0.354 e. The Bertz CT molecular complexity index is 882. The third-order valence-electron chi connectivity index (χ3n) is 4.31. The van der Waals surface area contributed by atoms with Crippen LogP contribution < -0.4 is 5.32 Å². The first kappa shape index (κ1) is 14.5. The smallest absolute Gasteiger partial charge is 0.223 e. The van der Waals surface area contributed by atoms with Crippen molar-refractivity contribution in [3.05, 3.63) is 42.9 Å². The second-order valence-electron chi connectivity index (χ2n) is 5.97. The van der Waals surface area contributed by atoms with Gasteiger partial charge in [0, 0.05) is 43.6 Å². The zero-order valence-electron chi connectivity index (χ0n) is 13.1. The number of nitriles is 1. The summed E-state index contributed by atoms with van der Waals surface area (Å²) in [7, 11) is 0. The zero-order chi connectivity index (χ0) is 16.4. The molecule has 0 saturated carbocycles. The molecule has 1 atom stereocenters. The van der Waals surface area contributed by atoms with Gasteiger partial charge in [-0.3, -0.25) is 0 Å². The molecular formula is C17H17N7. The van der Waals surface area contributed by atoms with Crippen molar-refractivity contribution < 1.29 is 0 Å². The highest BCUT2D eigenvalue weighted by Gasteiger charge is 2.21. The van der Waals surface area contributed by atoms with E-state index < -0.39 is 0 Å². The van der Waals surface area contributed by atoms with Gasteiger partial charge in [0.2, 0.25) is 5.95 Å². The molecule has 1 aliphatic heterocycles. The molecule has 1 aliphatic rings. The molecule has 0 aliphatic carbocycles. The summed E-state index contributed by atoms with van der Waals surface area (Å²) in [5.74, 6) is 1.08. The van der Waals surface area contributed by atoms with Gasteiger partial charge in [-0.15, -0.1) is 0 Å². The molecule has 24 heavy (non-hydrogen) atoms. The minimum Gasteiger partial charge on any atom is -0.354 e. The van der Waals surface area contributed by atoms with E-state index in [1.54, 1.807) is 11.1 Å². The number of benzene rings is 1. The van der Waals surface area contributed by atoms with Crippen molar-refractivity contribution in [2.45, 2.75) is 6.42 Å². The van der Waals surface area contributed by atoms with Crippen LogP contribution in [0.5, 0.6) is 0 Å². The van der Waals surface area contributed by atoms with Crippen molar-refractivity contribution >= 4 is 16.9 Å². The van der Waals surface area contributed by atoms with Crippen LogP contribution in [0.4, 0.5) is 5.95 Å². The van der Waals surface area contributed by atoms with Gasteiger partial charge in [0.15, 0.2) is 6.19 Å². The van der Waals surface area contributed by atoms with Gasteiger partial charge in [-0.25, -0.2) is 14.6 Å². The maximum atomic E-state index is 8.92. The molecule has 4 rings (SSSR count). The van der Waals surface area contributed by atoms with E-state index in [9.17, 15) is 0 Å². The fourth-order valence-corrected chi connectivity index (χ4v) is 2.99. The maximum Gasteiger partial charge on any atom is 0.223 e. The number of aromatic nitrogens is 4. The van der Waals surface area contributed by atoms with Crippen molar-refractivity contribution in [1.82, 2.24) is 24.6 Å². The SMILES string of the molecule is N#CN1CC[C@H](CNc2ncc3ccc(-n4cccn4)cc3n2)C1. The molecule has 0 bridgehead atoms. The Hall–Kier alpha value is -3.14. The topological polar surface area (TPSA) is 82.7 Å². The van der Waals surface area contributed by atoms with Crippen LogP contribution in [-0.4, -0.2) is 44.3 Å². The second kappa shape index (κ2) is 6.16. The second-order valence-corrected chi connectivity index (χ2v) is 5.97. The average molecular weight is 319 g/mol. The van der Waals surface area contributed by atoms with Crippen molar-refractivity contribution in [2.24, 2.45) is 5.92 Å². The number of anilines is 1. The van der Waals surface area contributed by atoms with E-state index in [0.717, 1.165) is 42.6 Å². The molecule has 1 fully saturated rings. The predicted octanol–water partition coefficient (Wildman–Crippen LogP) is 2.03. The Labute approximate surface area is 139 Å². The normalized spacial score (nSPS) is 17.1. The van der Waals surface area contributed by atoms with E-state index in [2.05, 4.69) is 26.6 Å². The summed E-state index contributed by atoms with van der Waals surface area (Å²) < 4.78 is 1.81. The number of likely N-dealkylation sites (tertiary alicyclic amines) is 1. The van der Waals surface area contributed by atoms with Crippen molar-refractivity contribution in [1.29, 1.82) is 5.26 Å². The molecule has 7 heteroatoms. The van der Waals surface area contributed by atoms with Crippen LogP contribution in [0.1, 0.15) is 6.42 Å². The van der Waals surface area contributed by atoms with Crippen LogP contribution >= 0.6 is 0 Å². The predicted molar refractivity (Wildman–Crippen MR) is 90.4 cm³/mol. The molecule has 0 radical (unpaired) electrons. The van der Waals surface area contributed by atoms with Gasteiger partial charge in [-0.2, -0.15) is 10.4 Å². The number of hydrogen-bond donors (Lipinski definition) is 1. The average Bonchev–Trinajstić information content (AvgIpc) is 3.31. The molecule has 1 aromatic carbocycles. The summed E-state index contributed by atoms with van der Waals surface area (Å²) in [5, 5.41) is 17.5. The lowest BCUT2D eigenvalue weighted by molar-refractivity contribution is 0.460. The van der Waals surface area contributed by atoms with Crippen LogP contribution in [0.25, 0.3) is 16.6 Å². The Balaban J connectivity index is 1.51. The van der Waals surface area contributed by atoms with Gasteiger partial charge in [0.1, 0.15) is 0 Å². The molecule has 0 spiro atoms. The van der Waals surface area contributed by atoms with Gasteiger partial charge in [-0.05, 0) is 36.6 Å². The molecule has 120 valence electrons. The Morgan fingerprint density at radius 1 is 1.38 bits per heavy atom. The number of hydrogen-bond acceptors (Lipinski definition) is 6. The van der Waals surface area contributed by atoms with Crippen LogP contribution in [-0.2, 0) is 0 Å². The minimum absolute atomic E-state index is 0.458. The molecule has 2 aromatic heterocycles. The van der Waals surface area contributed by atoms with Crippen molar-refractivity contribution in [3.8, 4) is 11.9 Å². The summed E-state index contributed by atoms with van der Waals surface area (Å²) in [6, 6.07) is 7.89. The highest BCUT2D eigenvalue weighted by molar-refractivity contribution is 5.80. The standard InChI is InChI=1S/C17H17N7/c18-12-23-7-4-13(11-23)9-19-17-20-10-14-2-3-15(8-16(14)22-17)24-6-1-5-21-24/h1-3,5-6,8,10,13H,4,7,9,11H2,(H,19,20,22)/t13-/m1/s1. The van der Waals surface area contributed by atoms with Crippen LogP contribution in [0, 0.1) is 17.4 Å². The van der Waals surface area contributed by atoms with Crippen LogP contribution in [0.15, 0.2) is 42.9 Å². The summed E-state index contributed by atoms with van der Waals surface area (Å²) >= 11 is 0. The molecule has 0 amide bonds. The van der Waals surface area contributed by atoms with Gasteiger partial charge in [-0.1, -0.05) is 0 Å². The van der Waals surface area contributed by atoms with Crippen molar-refractivity contribution in [2.75, 3.05) is 25.0 Å². The third-order valence-corrected chi connectivity index (χ3v) is 4.31. The van der Waals surface area contributed by atoms with Crippen LogP contribution in [0.3, 0.4) is 0 Å². The van der Waals surface area contributed by atoms with E-state index in [1.165, 1.54) is 0 Å². The number of rotatable bonds is 4. The molecule has 0 unspecified atom stereocenters. The van der Waals surface area contributed by atoms with Gasteiger partial charge >= 0.3 is 0 Å². The van der Waals surface area contributed by atoms with E-state index in [1.807, 2.05) is 41.3 Å². The lowest BCUT2D eigenvalue weighted by Crippen LogP contribution is -2.19. The van der Waals surface area contributed by atoms with Gasteiger partial charge in [0.05, 0.1) is 11.2 Å². The summed E-state index contributed by atoms with van der Waals surface area (Å²) in [6.45, 7) is 2.43. The lowest BCUT2D eigenvalue weighted by Gasteiger charge is -2.11. The molecule has 1 saturated heterocycles. The van der Waals surface area contributed by atoms with E-state index in [0.29, 0.717) is 11.9 Å². The summed E-state index contributed by atoms with van der Waals surface area (Å²) in [6.07, 6.45) is 8.71. The number of nitrogens with one attached hydrogen (secondary N) is 1. The number of nitrogens with zero attached hydrogens (tertiary/aromatic N) is 6. The first-order valence-corrected chi connectivity index (χ1v) is 7.97. The molecule has 7 nitrogen and oxygen atoms in total. The Morgan fingerprint density at radius 2 is 2.33 bits per heavy atom. The first-order valence-electron chi connectivity index (χ1n) is 7.97. The molecule has 3 heterocycles. The van der Waals surface area contributed by atoms with E-state index in [-0.39, 0.29) is 0 Å². The van der Waals surface area contributed by atoms with E-state index >= 15 is 0 Å². The number of fused-ring (bicyclic) bond motifs is 1. The maximum absolute atomic E-state index is 8.92. The van der Waals surface area contributed by atoms with Crippen molar-refractivity contribution in [3.63, 3.8) is 0 Å². The van der Waals surface area contributed by atoms with Crippen LogP contribution in [0.2, 0.25) is 0 Å². The monoisotopic (exact) mass is 319 g/mol. The zero-order valence-corrected chi connectivity index (χ0v) is 13.1. The lowest BCUT2D eigenvalue weighted by atomic mass is 10.1. The molecule has 1 N–H and O–H groups in total. The first-order chi connectivity index (χ1) is 11.8. The highest BCUT2D eigenvalue weighted by Crippen LogP contribution is 2.19.